The third-order valence-electron chi connectivity index (χ3n) is 4.56. The van der Waals surface area contributed by atoms with Gasteiger partial charge >= 0.3 is 0 Å². The maximum atomic E-state index is 12.8. The number of halogens is 1. The van der Waals surface area contributed by atoms with Crippen molar-refractivity contribution in [1.82, 2.24) is 9.97 Å². The lowest BCUT2D eigenvalue weighted by atomic mass is 10.1. The number of nitrogens with one attached hydrogen (secondary N) is 1. The summed E-state index contributed by atoms with van der Waals surface area (Å²) in [4.78, 5) is 21.4. The van der Waals surface area contributed by atoms with Crippen LogP contribution in [0.4, 0.5) is 5.69 Å². The van der Waals surface area contributed by atoms with Gasteiger partial charge in [0.2, 0.25) is 0 Å². The smallest absolute Gasteiger partial charge is 0.275 e. The molecule has 0 radical (unpaired) electrons. The second kappa shape index (κ2) is 8.64. The molecule has 6 heteroatoms. The first-order valence-corrected chi connectivity index (χ1v) is 10.5. The maximum absolute atomic E-state index is 12.8. The van der Waals surface area contributed by atoms with Crippen LogP contribution in [-0.2, 0) is 5.75 Å². The topological polar surface area (TPSA) is 54.9 Å². The lowest BCUT2D eigenvalue weighted by Crippen LogP contribution is -2.15. The Bertz CT molecular complexity index is 1200. The molecule has 1 aromatic heterocycles. The summed E-state index contributed by atoms with van der Waals surface area (Å²) in [6.45, 7) is 2.07. The summed E-state index contributed by atoms with van der Waals surface area (Å²) in [6.07, 6.45) is 1.48. The van der Waals surface area contributed by atoms with Crippen LogP contribution < -0.4 is 5.32 Å². The zero-order valence-corrected chi connectivity index (χ0v) is 17.3. The Morgan fingerprint density at radius 2 is 1.79 bits per heavy atom. The largest absolute Gasteiger partial charge is 0.321 e. The molecule has 1 heterocycles. The first-order valence-electron chi connectivity index (χ1n) is 9.10. The predicted octanol–water partition coefficient (Wildman–Crippen LogP) is 6.14. The fourth-order valence-electron chi connectivity index (χ4n) is 2.95. The number of hydrogen-bond acceptors (Lipinski definition) is 4. The molecule has 29 heavy (non-hydrogen) atoms. The predicted molar refractivity (Wildman–Crippen MR) is 120 cm³/mol. The van der Waals surface area contributed by atoms with Crippen LogP contribution in [0.25, 0.3) is 10.8 Å². The van der Waals surface area contributed by atoms with Crippen molar-refractivity contribution in [2.24, 2.45) is 0 Å². The van der Waals surface area contributed by atoms with E-state index in [0.29, 0.717) is 10.8 Å². The summed E-state index contributed by atoms with van der Waals surface area (Å²) in [5, 5.41) is 5.78. The minimum atomic E-state index is -0.356. The van der Waals surface area contributed by atoms with Gasteiger partial charge < -0.3 is 5.32 Å². The Morgan fingerprint density at radius 1 is 1.03 bits per heavy atom. The van der Waals surface area contributed by atoms with Crippen LogP contribution in [0, 0.1) is 6.92 Å². The Hall–Kier alpha value is -2.89. The van der Waals surface area contributed by atoms with E-state index < -0.39 is 0 Å². The summed E-state index contributed by atoms with van der Waals surface area (Å²) in [7, 11) is 0. The molecular weight excluding hydrogens is 402 g/mol. The fraction of sp³-hybridized carbons (Fsp3) is 0.0870. The number of thioether (sulfide) groups is 1. The third kappa shape index (κ3) is 4.58. The van der Waals surface area contributed by atoms with Gasteiger partial charge in [-0.05, 0) is 41.0 Å². The lowest BCUT2D eigenvalue weighted by molar-refractivity contribution is 0.102. The van der Waals surface area contributed by atoms with Gasteiger partial charge in [0.25, 0.3) is 5.91 Å². The number of rotatable bonds is 5. The Labute approximate surface area is 178 Å². The van der Waals surface area contributed by atoms with Crippen LogP contribution in [0.3, 0.4) is 0 Å². The van der Waals surface area contributed by atoms with E-state index >= 15 is 0 Å². The molecule has 0 aliphatic rings. The average molecular weight is 420 g/mol. The second-order valence-corrected chi connectivity index (χ2v) is 7.93. The quantitative estimate of drug-likeness (QED) is 0.312. The van der Waals surface area contributed by atoms with Crippen molar-refractivity contribution < 1.29 is 4.79 Å². The van der Waals surface area contributed by atoms with Crippen molar-refractivity contribution in [2.45, 2.75) is 17.8 Å². The molecular formula is C23H18ClN3OS. The molecule has 0 fully saturated rings. The monoisotopic (exact) mass is 419 g/mol. The standard InChI is InChI=1S/C23H18ClN3OS/c1-15-6-2-3-9-18(15)14-29-23-25-13-20(24)21(27-23)22(28)26-19-11-10-16-7-4-5-8-17(16)12-19/h2-13H,14H2,1H3,(H,26,28). The number of aryl methyl sites for hydroxylation is 1. The van der Waals surface area contributed by atoms with E-state index in [2.05, 4.69) is 34.3 Å². The molecule has 0 saturated heterocycles. The number of anilines is 1. The highest BCUT2D eigenvalue weighted by atomic mass is 35.5. The number of fused-ring (bicyclic) bond motifs is 1. The van der Waals surface area contributed by atoms with Crippen molar-refractivity contribution >= 4 is 45.7 Å². The normalized spacial score (nSPS) is 10.8. The summed E-state index contributed by atoms with van der Waals surface area (Å²) in [6, 6.07) is 21.9. The van der Waals surface area contributed by atoms with Gasteiger partial charge in [0, 0.05) is 11.4 Å². The molecule has 0 atom stereocenters. The third-order valence-corrected chi connectivity index (χ3v) is 5.75. The highest BCUT2D eigenvalue weighted by Crippen LogP contribution is 2.24. The van der Waals surface area contributed by atoms with E-state index in [1.54, 1.807) is 0 Å². The van der Waals surface area contributed by atoms with Gasteiger partial charge in [-0.2, -0.15) is 0 Å². The first kappa shape index (κ1) is 19.4. The van der Waals surface area contributed by atoms with E-state index in [1.807, 2.05) is 54.6 Å². The van der Waals surface area contributed by atoms with Crippen molar-refractivity contribution in [3.05, 3.63) is 94.8 Å². The van der Waals surface area contributed by atoms with Crippen molar-refractivity contribution in [1.29, 1.82) is 0 Å². The molecule has 1 N–H and O–H groups in total. The fourth-order valence-corrected chi connectivity index (χ4v) is 4.02. The van der Waals surface area contributed by atoms with Crippen LogP contribution in [0.5, 0.6) is 0 Å². The number of benzene rings is 3. The molecule has 0 saturated carbocycles. The summed E-state index contributed by atoms with van der Waals surface area (Å²) in [5.41, 5.74) is 3.28. The van der Waals surface area contributed by atoms with Crippen LogP contribution in [0.1, 0.15) is 21.6 Å². The summed E-state index contributed by atoms with van der Waals surface area (Å²) < 4.78 is 0. The van der Waals surface area contributed by atoms with E-state index in [9.17, 15) is 4.79 Å². The van der Waals surface area contributed by atoms with Crippen LogP contribution in [0.2, 0.25) is 5.02 Å². The number of hydrogen-bond donors (Lipinski definition) is 1. The molecule has 0 spiro atoms. The van der Waals surface area contributed by atoms with E-state index in [0.717, 1.165) is 16.5 Å². The number of nitrogens with zero attached hydrogens (tertiary/aromatic N) is 2. The number of carbonyl (C=O) groups is 1. The molecule has 4 nitrogen and oxygen atoms in total. The zero-order valence-electron chi connectivity index (χ0n) is 15.7. The molecule has 0 aliphatic heterocycles. The highest BCUT2D eigenvalue weighted by molar-refractivity contribution is 7.98. The van der Waals surface area contributed by atoms with Crippen LogP contribution in [-0.4, -0.2) is 15.9 Å². The van der Waals surface area contributed by atoms with Gasteiger partial charge in [-0.15, -0.1) is 0 Å². The molecule has 3 aromatic carbocycles. The second-order valence-electron chi connectivity index (χ2n) is 6.58. The Balaban J connectivity index is 1.51. The first-order chi connectivity index (χ1) is 14.1. The molecule has 0 bridgehead atoms. The molecule has 4 aromatic rings. The number of aromatic nitrogens is 2. The van der Waals surface area contributed by atoms with Gasteiger partial charge in [-0.3, -0.25) is 4.79 Å². The summed E-state index contributed by atoms with van der Waals surface area (Å²) in [5.74, 6) is 0.366. The zero-order chi connectivity index (χ0) is 20.2. The van der Waals surface area contributed by atoms with Crippen LogP contribution in [0.15, 0.2) is 78.1 Å². The molecule has 0 unspecified atom stereocenters. The van der Waals surface area contributed by atoms with Gasteiger partial charge in [0.1, 0.15) is 0 Å². The minimum absolute atomic E-state index is 0.169. The van der Waals surface area contributed by atoms with Crippen molar-refractivity contribution in [3.8, 4) is 0 Å². The minimum Gasteiger partial charge on any atom is -0.321 e. The van der Waals surface area contributed by atoms with Crippen molar-refractivity contribution in [2.75, 3.05) is 5.32 Å². The average Bonchev–Trinajstić information content (AvgIpc) is 2.74. The Kier molecular flexibility index (Phi) is 5.79. The van der Waals surface area contributed by atoms with Crippen molar-refractivity contribution in [3.63, 3.8) is 0 Å². The van der Waals surface area contributed by atoms with Crippen LogP contribution >= 0.6 is 23.4 Å². The highest BCUT2D eigenvalue weighted by Gasteiger charge is 2.15. The van der Waals surface area contributed by atoms with Gasteiger partial charge in [-0.1, -0.05) is 78.0 Å². The Morgan fingerprint density at radius 3 is 2.62 bits per heavy atom. The number of amides is 1. The number of carbonyl (C=O) groups excluding carboxylic acids is 1. The van der Waals surface area contributed by atoms with E-state index in [4.69, 9.17) is 11.6 Å². The van der Waals surface area contributed by atoms with E-state index in [-0.39, 0.29) is 16.6 Å². The van der Waals surface area contributed by atoms with Gasteiger partial charge in [0.05, 0.1) is 11.2 Å². The molecule has 1 amide bonds. The van der Waals surface area contributed by atoms with E-state index in [1.165, 1.54) is 29.1 Å². The maximum Gasteiger partial charge on any atom is 0.275 e. The van der Waals surface area contributed by atoms with Gasteiger partial charge in [0.15, 0.2) is 10.9 Å². The molecule has 4 rings (SSSR count). The van der Waals surface area contributed by atoms with Gasteiger partial charge in [-0.25, -0.2) is 9.97 Å². The lowest BCUT2D eigenvalue weighted by Gasteiger charge is -2.09. The molecule has 144 valence electrons. The SMILES string of the molecule is Cc1ccccc1CSc1ncc(Cl)c(C(=O)Nc2ccc3ccccc3c2)n1. The summed E-state index contributed by atoms with van der Waals surface area (Å²) >= 11 is 7.67. The molecule has 0 aliphatic carbocycles.